The molecule has 0 heterocycles. The number of urea groups is 1. The molecule has 2 amide bonds. The first-order chi connectivity index (χ1) is 7.63. The van der Waals surface area contributed by atoms with Gasteiger partial charge in [-0.3, -0.25) is 0 Å². The third kappa shape index (κ3) is 4.23. The predicted molar refractivity (Wildman–Crippen MR) is 69.4 cm³/mol. The van der Waals surface area contributed by atoms with Crippen molar-refractivity contribution >= 4 is 22.0 Å². The quantitative estimate of drug-likeness (QED) is 0.876. The third-order valence-electron chi connectivity index (χ3n) is 2.25. The average molecular weight is 285 g/mol. The number of hydrogen-bond donors (Lipinski definition) is 2. The maximum Gasteiger partial charge on any atom is 0.315 e. The van der Waals surface area contributed by atoms with Crippen LogP contribution in [-0.2, 0) is 0 Å². The second kappa shape index (κ2) is 6.53. The van der Waals surface area contributed by atoms with Gasteiger partial charge in [-0.2, -0.15) is 0 Å². The first kappa shape index (κ1) is 13.0. The van der Waals surface area contributed by atoms with Crippen LogP contribution in [0.1, 0.15) is 31.9 Å². The zero-order valence-electron chi connectivity index (χ0n) is 9.59. The number of carbonyl (C=O) groups excluding carboxylic acids is 1. The van der Waals surface area contributed by atoms with Gasteiger partial charge in [-0.25, -0.2) is 4.79 Å². The normalized spacial score (nSPS) is 11.9. The van der Waals surface area contributed by atoms with Crippen LogP contribution in [-0.4, -0.2) is 12.6 Å². The lowest BCUT2D eigenvalue weighted by Gasteiger charge is -2.14. The Morgan fingerprint density at radius 1 is 1.38 bits per heavy atom. The van der Waals surface area contributed by atoms with Crippen LogP contribution in [0.15, 0.2) is 28.7 Å². The van der Waals surface area contributed by atoms with Gasteiger partial charge in [0.25, 0.3) is 0 Å². The molecule has 4 heteroatoms. The maximum absolute atomic E-state index is 11.4. The summed E-state index contributed by atoms with van der Waals surface area (Å²) in [5.74, 6) is 0. The lowest BCUT2D eigenvalue weighted by atomic mass is 10.1. The summed E-state index contributed by atoms with van der Waals surface area (Å²) < 4.78 is 1.04. The highest BCUT2D eigenvalue weighted by Gasteiger charge is 2.07. The Morgan fingerprint density at radius 3 is 2.56 bits per heavy atom. The van der Waals surface area contributed by atoms with E-state index in [9.17, 15) is 4.79 Å². The van der Waals surface area contributed by atoms with Crippen molar-refractivity contribution in [2.45, 2.75) is 26.3 Å². The molecule has 2 N–H and O–H groups in total. The molecular formula is C12H17BrN2O. The molecule has 0 bridgehead atoms. The largest absolute Gasteiger partial charge is 0.338 e. The van der Waals surface area contributed by atoms with E-state index in [-0.39, 0.29) is 12.1 Å². The Kier molecular flexibility index (Phi) is 5.32. The third-order valence-corrected chi connectivity index (χ3v) is 2.78. The van der Waals surface area contributed by atoms with Gasteiger partial charge >= 0.3 is 6.03 Å². The predicted octanol–water partition coefficient (Wildman–Crippen LogP) is 3.22. The molecule has 0 fully saturated rings. The lowest BCUT2D eigenvalue weighted by molar-refractivity contribution is 0.238. The SMILES string of the molecule is CCCNC(=O)N[C@@H](C)c1ccc(Br)cc1. The maximum atomic E-state index is 11.4. The van der Waals surface area contributed by atoms with Crippen molar-refractivity contribution in [2.75, 3.05) is 6.54 Å². The molecule has 3 nitrogen and oxygen atoms in total. The van der Waals surface area contributed by atoms with Crippen molar-refractivity contribution in [1.82, 2.24) is 10.6 Å². The smallest absolute Gasteiger partial charge is 0.315 e. The van der Waals surface area contributed by atoms with Crippen molar-refractivity contribution in [3.05, 3.63) is 34.3 Å². The van der Waals surface area contributed by atoms with Crippen LogP contribution < -0.4 is 10.6 Å². The Labute approximate surface area is 105 Å². The summed E-state index contributed by atoms with van der Waals surface area (Å²) in [4.78, 5) is 11.4. The van der Waals surface area contributed by atoms with Crippen molar-refractivity contribution in [2.24, 2.45) is 0 Å². The van der Waals surface area contributed by atoms with Gasteiger partial charge in [0.15, 0.2) is 0 Å². The molecule has 0 saturated heterocycles. The van der Waals surface area contributed by atoms with E-state index in [4.69, 9.17) is 0 Å². The molecule has 0 aliphatic heterocycles. The summed E-state index contributed by atoms with van der Waals surface area (Å²) in [5, 5.41) is 5.67. The number of rotatable bonds is 4. The van der Waals surface area contributed by atoms with E-state index in [1.54, 1.807) is 0 Å². The summed E-state index contributed by atoms with van der Waals surface area (Å²) in [5.41, 5.74) is 1.09. The number of nitrogens with one attached hydrogen (secondary N) is 2. The molecular weight excluding hydrogens is 268 g/mol. The second-order valence-corrected chi connectivity index (χ2v) is 4.59. The monoisotopic (exact) mass is 284 g/mol. The standard InChI is InChI=1S/C12H17BrN2O/c1-3-8-14-12(16)15-9(2)10-4-6-11(13)7-5-10/h4-7,9H,3,8H2,1-2H3,(H2,14,15,16)/t9-/m0/s1. The van der Waals surface area contributed by atoms with Gasteiger partial charge in [0.05, 0.1) is 6.04 Å². The molecule has 0 radical (unpaired) electrons. The molecule has 1 rings (SSSR count). The molecule has 0 spiro atoms. The highest BCUT2D eigenvalue weighted by atomic mass is 79.9. The van der Waals surface area contributed by atoms with Crippen molar-refractivity contribution in [1.29, 1.82) is 0 Å². The van der Waals surface area contributed by atoms with Crippen LogP contribution in [0, 0.1) is 0 Å². The average Bonchev–Trinajstić information content (AvgIpc) is 2.27. The Balaban J connectivity index is 2.48. The van der Waals surface area contributed by atoms with E-state index in [2.05, 4.69) is 26.6 Å². The first-order valence-corrected chi connectivity index (χ1v) is 6.22. The molecule has 16 heavy (non-hydrogen) atoms. The van der Waals surface area contributed by atoms with E-state index in [0.29, 0.717) is 6.54 Å². The molecule has 0 aromatic heterocycles. The molecule has 0 saturated carbocycles. The van der Waals surface area contributed by atoms with Crippen LogP contribution in [0.5, 0.6) is 0 Å². The van der Waals surface area contributed by atoms with Crippen molar-refractivity contribution in [3.63, 3.8) is 0 Å². The summed E-state index contributed by atoms with van der Waals surface area (Å²) >= 11 is 3.38. The fourth-order valence-electron chi connectivity index (χ4n) is 1.32. The fraction of sp³-hybridized carbons (Fsp3) is 0.417. The number of hydrogen-bond acceptors (Lipinski definition) is 1. The van der Waals surface area contributed by atoms with E-state index < -0.39 is 0 Å². The van der Waals surface area contributed by atoms with Gasteiger partial charge in [0.2, 0.25) is 0 Å². The van der Waals surface area contributed by atoms with Crippen LogP contribution in [0.4, 0.5) is 4.79 Å². The number of carbonyl (C=O) groups is 1. The minimum absolute atomic E-state index is 0.0185. The van der Waals surface area contributed by atoms with E-state index in [0.717, 1.165) is 16.5 Å². The van der Waals surface area contributed by atoms with Crippen molar-refractivity contribution < 1.29 is 4.79 Å². The Hall–Kier alpha value is -1.03. The van der Waals surface area contributed by atoms with E-state index in [1.165, 1.54) is 0 Å². The number of benzene rings is 1. The van der Waals surface area contributed by atoms with E-state index in [1.807, 2.05) is 38.1 Å². The molecule has 0 aliphatic carbocycles. The molecule has 1 aromatic carbocycles. The van der Waals surface area contributed by atoms with Crippen molar-refractivity contribution in [3.8, 4) is 0 Å². The van der Waals surface area contributed by atoms with Gasteiger partial charge < -0.3 is 10.6 Å². The highest BCUT2D eigenvalue weighted by molar-refractivity contribution is 9.10. The molecule has 1 aromatic rings. The van der Waals surface area contributed by atoms with Crippen LogP contribution in [0.25, 0.3) is 0 Å². The minimum Gasteiger partial charge on any atom is -0.338 e. The zero-order valence-corrected chi connectivity index (χ0v) is 11.2. The summed E-state index contributed by atoms with van der Waals surface area (Å²) in [7, 11) is 0. The van der Waals surface area contributed by atoms with Crippen LogP contribution in [0.2, 0.25) is 0 Å². The summed E-state index contributed by atoms with van der Waals surface area (Å²) in [6.45, 7) is 4.70. The van der Waals surface area contributed by atoms with Gasteiger partial charge in [-0.05, 0) is 31.0 Å². The lowest BCUT2D eigenvalue weighted by Crippen LogP contribution is -2.37. The summed E-state index contributed by atoms with van der Waals surface area (Å²) in [6, 6.07) is 7.83. The van der Waals surface area contributed by atoms with Gasteiger partial charge in [0, 0.05) is 11.0 Å². The van der Waals surface area contributed by atoms with Crippen LogP contribution in [0.3, 0.4) is 0 Å². The molecule has 0 aliphatic rings. The molecule has 0 unspecified atom stereocenters. The van der Waals surface area contributed by atoms with Gasteiger partial charge in [-0.1, -0.05) is 35.0 Å². The molecule has 88 valence electrons. The molecule has 1 atom stereocenters. The number of halogens is 1. The second-order valence-electron chi connectivity index (χ2n) is 3.67. The zero-order chi connectivity index (χ0) is 12.0. The highest BCUT2D eigenvalue weighted by Crippen LogP contribution is 2.16. The summed E-state index contributed by atoms with van der Waals surface area (Å²) in [6.07, 6.45) is 0.945. The van der Waals surface area contributed by atoms with Gasteiger partial charge in [-0.15, -0.1) is 0 Å². The van der Waals surface area contributed by atoms with Gasteiger partial charge in [0.1, 0.15) is 0 Å². The first-order valence-electron chi connectivity index (χ1n) is 5.43. The topological polar surface area (TPSA) is 41.1 Å². The fourth-order valence-corrected chi connectivity index (χ4v) is 1.59. The number of amides is 2. The van der Waals surface area contributed by atoms with Crippen LogP contribution >= 0.6 is 15.9 Å². The Bertz CT molecular complexity index is 337. The minimum atomic E-state index is -0.114. The Morgan fingerprint density at radius 2 is 2.00 bits per heavy atom. The van der Waals surface area contributed by atoms with E-state index >= 15 is 0 Å².